The molecule has 2 N–H and O–H groups in total. The Labute approximate surface area is 129 Å². The molecule has 0 aliphatic heterocycles. The van der Waals surface area contributed by atoms with Crippen LogP contribution >= 0.6 is 0 Å². The van der Waals surface area contributed by atoms with E-state index in [1.165, 1.54) is 11.1 Å². The van der Waals surface area contributed by atoms with Crippen LogP contribution in [-0.4, -0.2) is 5.11 Å². The first-order valence-electron chi connectivity index (χ1n) is 7.15. The van der Waals surface area contributed by atoms with Crippen LogP contribution < -0.4 is 10.3 Å². The summed E-state index contributed by atoms with van der Waals surface area (Å²) in [5, 5.41) is 9.64. The summed E-state index contributed by atoms with van der Waals surface area (Å²) in [4.78, 5) is 5.39. The molecule has 0 spiro atoms. The Morgan fingerprint density at radius 2 is 1.50 bits per heavy atom. The summed E-state index contributed by atoms with van der Waals surface area (Å²) in [7, 11) is 0. The standard InChI is InChI=1S/C19H17NO2/c21-18-11-4-5-12-19(18)22-20-14-15-7-6-10-17(13-15)16-8-2-1-3-9-16/h1-13,20-21H,14H2. The van der Waals surface area contributed by atoms with Gasteiger partial charge in [0.05, 0.1) is 6.54 Å². The average molecular weight is 291 g/mol. The molecule has 22 heavy (non-hydrogen) atoms. The zero-order valence-electron chi connectivity index (χ0n) is 12.1. The number of hydrogen-bond acceptors (Lipinski definition) is 3. The van der Waals surface area contributed by atoms with Crippen molar-refractivity contribution in [2.75, 3.05) is 0 Å². The van der Waals surface area contributed by atoms with E-state index in [4.69, 9.17) is 4.84 Å². The van der Waals surface area contributed by atoms with Gasteiger partial charge in [-0.2, -0.15) is 5.48 Å². The van der Waals surface area contributed by atoms with Gasteiger partial charge in [0.15, 0.2) is 11.5 Å². The topological polar surface area (TPSA) is 41.5 Å². The van der Waals surface area contributed by atoms with Crippen molar-refractivity contribution in [3.05, 3.63) is 84.4 Å². The van der Waals surface area contributed by atoms with E-state index in [-0.39, 0.29) is 5.75 Å². The van der Waals surface area contributed by atoms with Crippen molar-refractivity contribution in [1.82, 2.24) is 5.48 Å². The molecule has 110 valence electrons. The molecule has 3 nitrogen and oxygen atoms in total. The van der Waals surface area contributed by atoms with Crippen molar-refractivity contribution < 1.29 is 9.94 Å². The van der Waals surface area contributed by atoms with Gasteiger partial charge in [0.2, 0.25) is 0 Å². The highest BCUT2D eigenvalue weighted by molar-refractivity contribution is 5.63. The summed E-state index contributed by atoms with van der Waals surface area (Å²) in [6.45, 7) is 0.551. The first kappa shape index (κ1) is 14.2. The van der Waals surface area contributed by atoms with Gasteiger partial charge < -0.3 is 9.94 Å². The molecule has 3 aromatic carbocycles. The fourth-order valence-corrected chi connectivity index (χ4v) is 2.23. The first-order chi connectivity index (χ1) is 10.8. The lowest BCUT2D eigenvalue weighted by Gasteiger charge is -2.09. The molecule has 0 unspecified atom stereocenters. The van der Waals surface area contributed by atoms with Crippen LogP contribution in [0.1, 0.15) is 5.56 Å². The number of nitrogens with one attached hydrogen (secondary N) is 1. The number of benzene rings is 3. The van der Waals surface area contributed by atoms with Crippen molar-refractivity contribution in [3.8, 4) is 22.6 Å². The minimum atomic E-state index is 0.119. The molecule has 0 amide bonds. The van der Waals surface area contributed by atoms with E-state index >= 15 is 0 Å². The molecule has 0 aliphatic carbocycles. The largest absolute Gasteiger partial charge is 0.504 e. The third-order valence-corrected chi connectivity index (χ3v) is 3.36. The second kappa shape index (κ2) is 6.78. The molecule has 3 aromatic rings. The van der Waals surface area contributed by atoms with Crippen molar-refractivity contribution in [2.24, 2.45) is 0 Å². The Morgan fingerprint density at radius 1 is 0.773 bits per heavy atom. The van der Waals surface area contributed by atoms with Crippen molar-refractivity contribution in [1.29, 1.82) is 0 Å². The average Bonchev–Trinajstić information content (AvgIpc) is 2.58. The van der Waals surface area contributed by atoms with E-state index in [2.05, 4.69) is 29.7 Å². The van der Waals surface area contributed by atoms with Crippen LogP contribution in [0.5, 0.6) is 11.5 Å². The van der Waals surface area contributed by atoms with Gasteiger partial charge in [0.1, 0.15) is 0 Å². The van der Waals surface area contributed by atoms with Crippen molar-refractivity contribution >= 4 is 0 Å². The normalized spacial score (nSPS) is 10.4. The van der Waals surface area contributed by atoms with Crippen LogP contribution in [0, 0.1) is 0 Å². The zero-order valence-corrected chi connectivity index (χ0v) is 12.1. The number of phenols is 1. The molecule has 0 radical (unpaired) electrons. The molecule has 0 bridgehead atoms. The predicted octanol–water partition coefficient (Wildman–Crippen LogP) is 4.14. The molecule has 3 rings (SSSR count). The van der Waals surface area contributed by atoms with Crippen LogP contribution in [0.2, 0.25) is 0 Å². The number of aromatic hydroxyl groups is 1. The third kappa shape index (κ3) is 3.45. The van der Waals surface area contributed by atoms with Gasteiger partial charge in [0, 0.05) is 0 Å². The quantitative estimate of drug-likeness (QED) is 0.694. The molecular formula is C19H17NO2. The maximum absolute atomic E-state index is 9.64. The van der Waals surface area contributed by atoms with Gasteiger partial charge in [-0.25, -0.2) is 0 Å². The summed E-state index contributed by atoms with van der Waals surface area (Å²) in [5.74, 6) is 0.537. The van der Waals surface area contributed by atoms with Gasteiger partial charge in [0.25, 0.3) is 0 Å². The minimum Gasteiger partial charge on any atom is -0.504 e. The van der Waals surface area contributed by atoms with E-state index in [9.17, 15) is 5.11 Å². The Hall–Kier alpha value is -2.78. The SMILES string of the molecule is Oc1ccccc1ONCc1cccc(-c2ccccc2)c1. The fourth-order valence-electron chi connectivity index (χ4n) is 2.23. The van der Waals surface area contributed by atoms with Crippen LogP contribution in [-0.2, 0) is 6.54 Å². The first-order valence-corrected chi connectivity index (χ1v) is 7.15. The van der Waals surface area contributed by atoms with Gasteiger partial charge in [-0.3, -0.25) is 0 Å². The molecule has 0 atom stereocenters. The van der Waals surface area contributed by atoms with Gasteiger partial charge in [-0.15, -0.1) is 0 Å². The lowest BCUT2D eigenvalue weighted by molar-refractivity contribution is 0.183. The number of hydroxylamine groups is 1. The van der Waals surface area contributed by atoms with Crippen LogP contribution in [0.15, 0.2) is 78.9 Å². The third-order valence-electron chi connectivity index (χ3n) is 3.36. The molecular weight excluding hydrogens is 274 g/mol. The number of rotatable bonds is 5. The highest BCUT2D eigenvalue weighted by Gasteiger charge is 2.02. The molecule has 0 fully saturated rings. The summed E-state index contributed by atoms with van der Waals surface area (Å²) in [6, 6.07) is 25.4. The minimum absolute atomic E-state index is 0.119. The van der Waals surface area contributed by atoms with E-state index in [1.807, 2.05) is 36.4 Å². The maximum atomic E-state index is 9.64. The summed E-state index contributed by atoms with van der Waals surface area (Å²) < 4.78 is 0. The van der Waals surface area contributed by atoms with Crippen LogP contribution in [0.3, 0.4) is 0 Å². The second-order valence-electron chi connectivity index (χ2n) is 4.96. The van der Waals surface area contributed by atoms with E-state index in [0.29, 0.717) is 12.3 Å². The van der Waals surface area contributed by atoms with E-state index < -0.39 is 0 Å². The predicted molar refractivity (Wildman–Crippen MR) is 87.5 cm³/mol. The summed E-state index contributed by atoms with van der Waals surface area (Å²) in [6.07, 6.45) is 0. The summed E-state index contributed by atoms with van der Waals surface area (Å²) in [5.41, 5.74) is 6.34. The summed E-state index contributed by atoms with van der Waals surface area (Å²) >= 11 is 0. The monoisotopic (exact) mass is 291 g/mol. The molecule has 0 aliphatic rings. The molecule has 0 saturated heterocycles. The second-order valence-corrected chi connectivity index (χ2v) is 4.96. The number of para-hydroxylation sites is 2. The Bertz CT molecular complexity index is 741. The molecule has 0 heterocycles. The molecule has 3 heteroatoms. The zero-order chi connectivity index (χ0) is 15.2. The van der Waals surface area contributed by atoms with Gasteiger partial charge in [-0.05, 0) is 34.9 Å². The molecule has 0 saturated carbocycles. The van der Waals surface area contributed by atoms with Crippen LogP contribution in [0.4, 0.5) is 0 Å². The number of hydrogen-bond donors (Lipinski definition) is 2. The van der Waals surface area contributed by atoms with Gasteiger partial charge >= 0.3 is 0 Å². The molecule has 0 aromatic heterocycles. The highest BCUT2D eigenvalue weighted by atomic mass is 16.6. The fraction of sp³-hybridized carbons (Fsp3) is 0.0526. The van der Waals surface area contributed by atoms with Crippen molar-refractivity contribution in [3.63, 3.8) is 0 Å². The smallest absolute Gasteiger partial charge is 0.188 e. The van der Waals surface area contributed by atoms with E-state index in [0.717, 1.165) is 5.56 Å². The Morgan fingerprint density at radius 3 is 2.32 bits per heavy atom. The lowest BCUT2D eigenvalue weighted by atomic mass is 10.0. The highest BCUT2D eigenvalue weighted by Crippen LogP contribution is 2.24. The number of phenolic OH excluding ortho intramolecular Hbond substituents is 1. The van der Waals surface area contributed by atoms with Crippen molar-refractivity contribution in [2.45, 2.75) is 6.54 Å². The Kier molecular flexibility index (Phi) is 4.37. The van der Waals surface area contributed by atoms with Gasteiger partial charge in [-0.1, -0.05) is 60.7 Å². The van der Waals surface area contributed by atoms with Crippen LogP contribution in [0.25, 0.3) is 11.1 Å². The van der Waals surface area contributed by atoms with E-state index in [1.54, 1.807) is 18.2 Å². The lowest BCUT2D eigenvalue weighted by Crippen LogP contribution is -2.17. The Balaban J connectivity index is 1.65. The maximum Gasteiger partial charge on any atom is 0.188 e.